The van der Waals surface area contributed by atoms with E-state index in [1.807, 2.05) is 0 Å². The molecule has 0 aliphatic rings. The van der Waals surface area contributed by atoms with Crippen molar-refractivity contribution in [3.63, 3.8) is 0 Å². The maximum atomic E-state index is 14.4. The van der Waals surface area contributed by atoms with Crippen LogP contribution in [0.1, 0.15) is 31.8 Å². The van der Waals surface area contributed by atoms with Gasteiger partial charge in [0.1, 0.15) is 5.82 Å². The smallest absolute Gasteiger partial charge is 0.311 e. The third kappa shape index (κ3) is 6.01. The number of halogens is 12. The first-order valence-corrected chi connectivity index (χ1v) is 11.6. The predicted octanol–water partition coefficient (Wildman–Crippen LogP) is 8.37. The highest BCUT2D eigenvalue weighted by Crippen LogP contribution is 2.54. The van der Waals surface area contributed by atoms with Crippen molar-refractivity contribution in [2.45, 2.75) is 24.2 Å². The van der Waals surface area contributed by atoms with Crippen LogP contribution in [0.5, 0.6) is 0 Å². The minimum atomic E-state index is -6.67. The minimum Gasteiger partial charge on any atom is -0.311 e. The summed E-state index contributed by atoms with van der Waals surface area (Å²) in [5.41, 5.74) is -12.8. The number of benzene rings is 3. The molecule has 0 radical (unpaired) electrons. The van der Waals surface area contributed by atoms with Crippen molar-refractivity contribution >= 4 is 39.3 Å². The maximum Gasteiger partial charge on any atom is 0.435 e. The third-order valence-corrected chi connectivity index (χ3v) is 6.46. The van der Waals surface area contributed by atoms with Gasteiger partial charge in [-0.05, 0) is 42.5 Å². The molecule has 0 spiro atoms. The Bertz CT molecular complexity index is 1450. The molecule has 0 aliphatic carbocycles. The summed E-state index contributed by atoms with van der Waals surface area (Å²) in [6, 6.07) is 8.68. The number of rotatable bonds is 5. The Morgan fingerprint density at radius 3 is 1.85 bits per heavy atom. The zero-order chi connectivity index (χ0) is 31.1. The summed E-state index contributed by atoms with van der Waals surface area (Å²) in [7, 11) is 1.20. The molecular formula is C25H14BrF11N2O2. The lowest BCUT2D eigenvalue weighted by molar-refractivity contribution is -0.348. The molecule has 16 heteroatoms. The van der Waals surface area contributed by atoms with E-state index in [-0.39, 0.29) is 27.3 Å². The summed E-state index contributed by atoms with van der Waals surface area (Å²) in [5, 5.41) is 0. The summed E-state index contributed by atoms with van der Waals surface area (Å²) < 4.78 is 149. The topological polar surface area (TPSA) is 40.6 Å². The molecule has 3 rings (SSSR count). The van der Waals surface area contributed by atoms with Gasteiger partial charge >= 0.3 is 24.2 Å². The molecule has 2 amide bonds. The quantitative estimate of drug-likeness (QED) is 0.204. The van der Waals surface area contributed by atoms with Gasteiger partial charge in [-0.3, -0.25) is 9.59 Å². The molecule has 0 saturated heterocycles. The molecule has 0 N–H and O–H groups in total. The van der Waals surface area contributed by atoms with Gasteiger partial charge in [0.25, 0.3) is 11.8 Å². The van der Waals surface area contributed by atoms with Gasteiger partial charge in [-0.2, -0.15) is 39.5 Å². The zero-order valence-corrected chi connectivity index (χ0v) is 21.7. The molecule has 41 heavy (non-hydrogen) atoms. The molecule has 0 saturated carbocycles. The maximum absolute atomic E-state index is 14.4. The predicted molar refractivity (Wildman–Crippen MR) is 128 cm³/mol. The number of anilines is 2. The van der Waals surface area contributed by atoms with Gasteiger partial charge in [0.05, 0.1) is 33.0 Å². The summed E-state index contributed by atoms with van der Waals surface area (Å²) in [4.78, 5) is 26.6. The lowest BCUT2D eigenvalue weighted by Gasteiger charge is -2.31. The van der Waals surface area contributed by atoms with Crippen LogP contribution in [-0.2, 0) is 11.8 Å². The van der Waals surface area contributed by atoms with Gasteiger partial charge in [-0.25, -0.2) is 12.7 Å². The van der Waals surface area contributed by atoms with Gasteiger partial charge in [-0.15, -0.1) is 0 Å². The van der Waals surface area contributed by atoms with E-state index in [4.69, 9.17) is 0 Å². The summed E-state index contributed by atoms with van der Waals surface area (Å²) in [6.45, 7) is 0. The molecule has 3 aromatic rings. The SMILES string of the molecule is CN(C(=O)c1ccccc1F)c1cccc(C(=O)N(Br)c2ccc(C(F)(C(F)(F)F)C(F)(F)F)cc2C(F)(F)F)c1. The Hall–Kier alpha value is -3.69. The Labute approximate surface area is 232 Å². The number of nitrogens with zero attached hydrogens (tertiary/aromatic N) is 2. The Balaban J connectivity index is 2.04. The minimum absolute atomic E-state index is 0.0334. The highest BCUT2D eigenvalue weighted by Gasteiger charge is 2.73. The second kappa shape index (κ2) is 10.9. The van der Waals surface area contributed by atoms with E-state index < -0.39 is 70.3 Å². The first-order valence-electron chi connectivity index (χ1n) is 10.9. The molecule has 3 aromatic carbocycles. The number of carbonyl (C=O) groups is 2. The molecular weight excluding hydrogens is 649 g/mol. The van der Waals surface area contributed by atoms with E-state index in [0.29, 0.717) is 0 Å². The van der Waals surface area contributed by atoms with E-state index >= 15 is 0 Å². The fourth-order valence-corrected chi connectivity index (χ4v) is 4.15. The van der Waals surface area contributed by atoms with Crippen molar-refractivity contribution in [3.8, 4) is 0 Å². The summed E-state index contributed by atoms with van der Waals surface area (Å²) in [5.74, 6) is -3.03. The molecule has 0 aliphatic heterocycles. The van der Waals surface area contributed by atoms with Gasteiger partial charge in [0.15, 0.2) is 0 Å². The first-order chi connectivity index (χ1) is 18.7. The summed E-state index contributed by atoms with van der Waals surface area (Å²) in [6.07, 6.45) is -19.0. The molecule has 0 aromatic heterocycles. The average Bonchev–Trinajstić information content (AvgIpc) is 2.89. The van der Waals surface area contributed by atoms with Crippen LogP contribution in [0.3, 0.4) is 0 Å². The van der Waals surface area contributed by atoms with E-state index in [0.717, 1.165) is 23.1 Å². The van der Waals surface area contributed by atoms with Gasteiger partial charge < -0.3 is 4.90 Å². The highest BCUT2D eigenvalue weighted by atomic mass is 79.9. The van der Waals surface area contributed by atoms with E-state index in [2.05, 4.69) is 16.1 Å². The molecule has 0 heterocycles. The third-order valence-electron chi connectivity index (χ3n) is 5.76. The Morgan fingerprint density at radius 2 is 1.32 bits per heavy atom. The van der Waals surface area contributed by atoms with Crippen molar-refractivity contribution in [2.24, 2.45) is 0 Å². The lowest BCUT2D eigenvalue weighted by atomic mass is 9.92. The van der Waals surface area contributed by atoms with Crippen LogP contribution in [-0.4, -0.2) is 31.2 Å². The highest BCUT2D eigenvalue weighted by molar-refractivity contribution is 9.10. The molecule has 0 atom stereocenters. The molecule has 0 fully saturated rings. The Kier molecular flexibility index (Phi) is 8.50. The van der Waals surface area contributed by atoms with Crippen LogP contribution in [0.2, 0.25) is 0 Å². The molecule has 220 valence electrons. The van der Waals surface area contributed by atoms with E-state index in [9.17, 15) is 57.9 Å². The van der Waals surface area contributed by atoms with Crippen LogP contribution in [0.15, 0.2) is 66.7 Å². The van der Waals surface area contributed by atoms with E-state index in [1.165, 1.54) is 37.4 Å². The van der Waals surface area contributed by atoms with Crippen LogP contribution in [0, 0.1) is 5.82 Å². The number of carbonyl (C=O) groups excluding carboxylic acids is 2. The van der Waals surface area contributed by atoms with Gasteiger partial charge in [0, 0.05) is 23.9 Å². The van der Waals surface area contributed by atoms with Crippen molar-refractivity contribution in [3.05, 3.63) is 94.8 Å². The Morgan fingerprint density at radius 1 is 0.732 bits per heavy atom. The van der Waals surface area contributed by atoms with Gasteiger partial charge in [-0.1, -0.05) is 24.3 Å². The first kappa shape index (κ1) is 31.8. The van der Waals surface area contributed by atoms with Crippen molar-refractivity contribution in [1.82, 2.24) is 0 Å². The van der Waals surface area contributed by atoms with Gasteiger partial charge in [0.2, 0.25) is 0 Å². The van der Waals surface area contributed by atoms with Crippen LogP contribution >= 0.6 is 16.1 Å². The molecule has 4 nitrogen and oxygen atoms in total. The van der Waals surface area contributed by atoms with Crippen molar-refractivity contribution < 1.29 is 57.9 Å². The standard InChI is InChI=1S/C25H14BrF11N2O2/c1-38(21(41)16-7-2-3-8-18(16)27)15-6-4-5-13(11-15)20(40)39(26)19-10-9-14(12-17(19)23(29,30)31)22(28,24(32,33)34)25(35,36)37/h2-12H,1H3. The molecule has 0 bridgehead atoms. The lowest BCUT2D eigenvalue weighted by Crippen LogP contribution is -2.50. The van der Waals surface area contributed by atoms with Crippen LogP contribution in [0.4, 0.5) is 59.7 Å². The zero-order valence-electron chi connectivity index (χ0n) is 20.1. The van der Waals surface area contributed by atoms with E-state index in [1.54, 1.807) is 0 Å². The number of hydrogen-bond acceptors (Lipinski definition) is 2. The second-order valence-corrected chi connectivity index (χ2v) is 9.07. The fourth-order valence-electron chi connectivity index (χ4n) is 3.64. The number of hydrogen-bond donors (Lipinski definition) is 0. The number of alkyl halides is 10. The normalized spacial score (nSPS) is 12.7. The largest absolute Gasteiger partial charge is 0.435 e. The monoisotopic (exact) mass is 662 g/mol. The average molecular weight is 663 g/mol. The summed E-state index contributed by atoms with van der Waals surface area (Å²) >= 11 is 2.54. The number of amides is 2. The fraction of sp³-hybridized carbons (Fsp3) is 0.200. The van der Waals surface area contributed by atoms with Crippen LogP contribution in [0.25, 0.3) is 0 Å². The second-order valence-electron chi connectivity index (χ2n) is 8.36. The van der Waals surface area contributed by atoms with Crippen LogP contribution < -0.4 is 8.83 Å². The van der Waals surface area contributed by atoms with Crippen molar-refractivity contribution in [2.75, 3.05) is 15.9 Å². The molecule has 0 unspecified atom stereocenters. The van der Waals surface area contributed by atoms with Crippen molar-refractivity contribution in [1.29, 1.82) is 0 Å².